The third kappa shape index (κ3) is 3.53. The molecule has 0 amide bonds. The second-order valence-electron chi connectivity index (χ2n) is 7.54. The molecule has 28 heavy (non-hydrogen) atoms. The lowest BCUT2D eigenvalue weighted by Crippen LogP contribution is -2.06. The van der Waals surface area contributed by atoms with Crippen molar-refractivity contribution in [1.82, 2.24) is 9.55 Å². The van der Waals surface area contributed by atoms with Crippen molar-refractivity contribution in [3.8, 4) is 5.75 Å². The van der Waals surface area contributed by atoms with Crippen LogP contribution >= 0.6 is 0 Å². The maximum absolute atomic E-state index is 6.05. The Bertz CT molecular complexity index is 1110. The van der Waals surface area contributed by atoms with Gasteiger partial charge in [-0.3, -0.25) is 4.98 Å². The molecule has 2 aromatic carbocycles. The van der Waals surface area contributed by atoms with Gasteiger partial charge in [-0.25, -0.2) is 0 Å². The molecule has 0 N–H and O–H groups in total. The summed E-state index contributed by atoms with van der Waals surface area (Å²) in [5, 5.41) is 1.25. The van der Waals surface area contributed by atoms with Gasteiger partial charge in [-0.05, 0) is 57.0 Å². The molecule has 2 heterocycles. The fraction of sp³-hybridized carbons (Fsp3) is 0.240. The van der Waals surface area contributed by atoms with Gasteiger partial charge >= 0.3 is 0 Å². The highest BCUT2D eigenvalue weighted by Gasteiger charge is 2.16. The van der Waals surface area contributed by atoms with Crippen LogP contribution in [-0.2, 0) is 13.2 Å². The van der Waals surface area contributed by atoms with Crippen molar-refractivity contribution in [2.75, 3.05) is 0 Å². The molecule has 0 aliphatic heterocycles. The summed E-state index contributed by atoms with van der Waals surface area (Å²) in [6, 6.07) is 19.0. The van der Waals surface area contributed by atoms with Crippen molar-refractivity contribution in [1.29, 1.82) is 0 Å². The molecule has 4 aromatic rings. The fourth-order valence-electron chi connectivity index (χ4n) is 3.63. The molecule has 0 fully saturated rings. The summed E-state index contributed by atoms with van der Waals surface area (Å²) in [5.74, 6) is 0.870. The van der Waals surface area contributed by atoms with Crippen LogP contribution in [0.1, 0.15) is 33.6 Å². The van der Waals surface area contributed by atoms with Crippen LogP contribution < -0.4 is 4.74 Å². The Morgan fingerprint density at radius 3 is 2.14 bits per heavy atom. The van der Waals surface area contributed by atoms with Gasteiger partial charge in [0.15, 0.2) is 0 Å². The molecule has 0 aliphatic rings. The topological polar surface area (TPSA) is 27.1 Å². The lowest BCUT2D eigenvalue weighted by atomic mass is 10.1. The number of benzene rings is 2. The molecule has 0 unspecified atom stereocenters. The largest absolute Gasteiger partial charge is 0.487 e. The first kappa shape index (κ1) is 18.3. The van der Waals surface area contributed by atoms with Crippen molar-refractivity contribution in [3.05, 3.63) is 94.4 Å². The van der Waals surface area contributed by atoms with Gasteiger partial charge in [0.2, 0.25) is 0 Å². The zero-order valence-electron chi connectivity index (χ0n) is 17.0. The predicted molar refractivity (Wildman–Crippen MR) is 115 cm³/mol. The first-order valence-corrected chi connectivity index (χ1v) is 9.71. The molecule has 0 saturated carbocycles. The van der Waals surface area contributed by atoms with Crippen LogP contribution in [0.4, 0.5) is 0 Å². The predicted octanol–water partition coefficient (Wildman–Crippen LogP) is 5.90. The minimum atomic E-state index is 0.456. The van der Waals surface area contributed by atoms with E-state index in [0.717, 1.165) is 18.0 Å². The molecular formula is C25H26N2O. The molecular weight excluding hydrogens is 344 g/mol. The minimum absolute atomic E-state index is 0.456. The molecule has 0 atom stereocenters. The highest BCUT2D eigenvalue weighted by Crippen LogP contribution is 2.28. The fourth-order valence-corrected chi connectivity index (χ4v) is 3.63. The van der Waals surface area contributed by atoms with Crippen molar-refractivity contribution in [3.63, 3.8) is 0 Å². The quantitative estimate of drug-likeness (QED) is 0.437. The van der Waals surface area contributed by atoms with Crippen LogP contribution in [0.15, 0.2) is 60.8 Å². The maximum atomic E-state index is 6.05. The van der Waals surface area contributed by atoms with Gasteiger partial charge in [-0.1, -0.05) is 47.5 Å². The Morgan fingerprint density at radius 2 is 1.46 bits per heavy atom. The van der Waals surface area contributed by atoms with Crippen LogP contribution in [0, 0.1) is 27.7 Å². The van der Waals surface area contributed by atoms with Gasteiger partial charge in [-0.15, -0.1) is 0 Å². The molecule has 0 aliphatic carbocycles. The van der Waals surface area contributed by atoms with Crippen LogP contribution in [0.5, 0.6) is 5.75 Å². The first-order valence-electron chi connectivity index (χ1n) is 9.71. The summed E-state index contributed by atoms with van der Waals surface area (Å²) in [5.41, 5.74) is 8.53. The number of aryl methyl sites for hydroxylation is 3. The van der Waals surface area contributed by atoms with E-state index >= 15 is 0 Å². The van der Waals surface area contributed by atoms with E-state index < -0.39 is 0 Å². The summed E-state index contributed by atoms with van der Waals surface area (Å²) >= 11 is 0. The lowest BCUT2D eigenvalue weighted by Gasteiger charge is -2.12. The number of rotatable bonds is 5. The standard InChI is InChI=1S/C25H26N2O/c1-17-5-9-21(10-6-17)15-27-20(4)19(3)23-13-14-26-24(25(23)27)16-28-22-11-7-18(2)8-12-22/h5-14H,15-16H2,1-4H3. The van der Waals surface area contributed by atoms with Crippen molar-refractivity contribution < 1.29 is 4.74 Å². The van der Waals surface area contributed by atoms with Crippen molar-refractivity contribution >= 4 is 10.9 Å². The molecule has 0 bridgehead atoms. The van der Waals surface area contributed by atoms with Gasteiger partial charge in [0, 0.05) is 23.8 Å². The molecule has 3 nitrogen and oxygen atoms in total. The summed E-state index contributed by atoms with van der Waals surface area (Å²) in [6.45, 7) is 9.86. The van der Waals surface area contributed by atoms with Crippen molar-refractivity contribution in [2.45, 2.75) is 40.8 Å². The van der Waals surface area contributed by atoms with E-state index in [9.17, 15) is 0 Å². The second-order valence-corrected chi connectivity index (χ2v) is 7.54. The zero-order valence-corrected chi connectivity index (χ0v) is 17.0. The third-order valence-corrected chi connectivity index (χ3v) is 5.48. The zero-order chi connectivity index (χ0) is 19.7. The first-order chi connectivity index (χ1) is 13.5. The number of pyridine rings is 1. The average molecular weight is 370 g/mol. The molecule has 0 saturated heterocycles. The normalized spacial score (nSPS) is 11.1. The summed E-state index contributed by atoms with van der Waals surface area (Å²) in [6.07, 6.45) is 1.89. The molecule has 2 aromatic heterocycles. The Kier molecular flexibility index (Phi) is 4.91. The van der Waals surface area contributed by atoms with E-state index in [0.29, 0.717) is 6.61 Å². The highest BCUT2D eigenvalue weighted by molar-refractivity contribution is 5.87. The van der Waals surface area contributed by atoms with Crippen LogP contribution in [0.25, 0.3) is 10.9 Å². The van der Waals surface area contributed by atoms with E-state index in [-0.39, 0.29) is 0 Å². The summed E-state index contributed by atoms with van der Waals surface area (Å²) < 4.78 is 8.42. The van der Waals surface area contributed by atoms with Gasteiger partial charge in [-0.2, -0.15) is 0 Å². The van der Waals surface area contributed by atoms with Gasteiger partial charge in [0.05, 0.1) is 5.52 Å². The van der Waals surface area contributed by atoms with Crippen LogP contribution in [-0.4, -0.2) is 9.55 Å². The Hall–Kier alpha value is -3.07. The number of fused-ring (bicyclic) bond motifs is 1. The van der Waals surface area contributed by atoms with Gasteiger partial charge in [0.25, 0.3) is 0 Å². The monoisotopic (exact) mass is 370 g/mol. The van der Waals surface area contributed by atoms with Crippen molar-refractivity contribution in [2.24, 2.45) is 0 Å². The maximum Gasteiger partial charge on any atom is 0.132 e. The second kappa shape index (κ2) is 7.51. The molecule has 142 valence electrons. The number of hydrogen-bond acceptors (Lipinski definition) is 2. The lowest BCUT2D eigenvalue weighted by molar-refractivity contribution is 0.302. The Balaban J connectivity index is 1.71. The highest BCUT2D eigenvalue weighted by atomic mass is 16.5. The molecule has 4 rings (SSSR count). The Morgan fingerprint density at radius 1 is 0.821 bits per heavy atom. The molecule has 3 heteroatoms. The number of nitrogens with zero attached hydrogens (tertiary/aromatic N) is 2. The van der Waals surface area contributed by atoms with Crippen LogP contribution in [0.2, 0.25) is 0 Å². The number of ether oxygens (including phenoxy) is 1. The summed E-state index contributed by atoms with van der Waals surface area (Å²) in [7, 11) is 0. The Labute approximate surface area is 166 Å². The van der Waals surface area contributed by atoms with E-state index in [2.05, 4.69) is 79.7 Å². The average Bonchev–Trinajstić information content (AvgIpc) is 2.95. The smallest absolute Gasteiger partial charge is 0.132 e. The van der Waals surface area contributed by atoms with E-state index in [1.165, 1.54) is 38.9 Å². The van der Waals surface area contributed by atoms with Crippen LogP contribution in [0.3, 0.4) is 0 Å². The molecule has 0 radical (unpaired) electrons. The van der Waals surface area contributed by atoms with Gasteiger partial charge < -0.3 is 9.30 Å². The number of hydrogen-bond donors (Lipinski definition) is 0. The minimum Gasteiger partial charge on any atom is -0.487 e. The number of aromatic nitrogens is 2. The van der Waals surface area contributed by atoms with Gasteiger partial charge in [0.1, 0.15) is 18.1 Å². The van der Waals surface area contributed by atoms with E-state index in [1.54, 1.807) is 0 Å². The van der Waals surface area contributed by atoms with E-state index in [1.807, 2.05) is 18.3 Å². The SMILES string of the molecule is Cc1ccc(Cn2c(C)c(C)c3ccnc(COc4ccc(C)cc4)c32)cc1. The molecule has 0 spiro atoms. The van der Waals surface area contributed by atoms with E-state index in [4.69, 9.17) is 4.74 Å². The third-order valence-electron chi connectivity index (χ3n) is 5.48. The summed E-state index contributed by atoms with van der Waals surface area (Å²) in [4.78, 5) is 4.66.